The summed E-state index contributed by atoms with van der Waals surface area (Å²) in [5.41, 5.74) is 2.12. The van der Waals surface area contributed by atoms with Crippen LogP contribution in [0.25, 0.3) is 6.08 Å². The molecule has 2 N–H and O–H groups in total. The number of carbonyl (C=O) groups excluding carboxylic acids is 1. The Bertz CT molecular complexity index is 743. The molecule has 0 aliphatic carbocycles. The molecule has 0 saturated heterocycles. The zero-order chi connectivity index (χ0) is 17.0. The van der Waals surface area contributed by atoms with E-state index in [1.54, 1.807) is 17.0 Å². The Hall–Kier alpha value is -2.18. The number of carbonyl (C=O) groups is 1. The SMILES string of the molecule is Cc1c(/C=C/C(=O)NCC(O)c2ccc(Cl)c(F)c2)cnn1C. The molecule has 0 spiro atoms. The van der Waals surface area contributed by atoms with Crippen molar-refractivity contribution in [3.05, 3.63) is 58.1 Å². The van der Waals surface area contributed by atoms with Crippen molar-refractivity contribution in [2.45, 2.75) is 13.0 Å². The lowest BCUT2D eigenvalue weighted by Crippen LogP contribution is -2.26. The number of halogens is 2. The van der Waals surface area contributed by atoms with Gasteiger partial charge in [0.15, 0.2) is 0 Å². The van der Waals surface area contributed by atoms with Crippen LogP contribution in [0.3, 0.4) is 0 Å². The summed E-state index contributed by atoms with van der Waals surface area (Å²) < 4.78 is 15.0. The Morgan fingerprint density at radius 2 is 2.30 bits per heavy atom. The van der Waals surface area contributed by atoms with Crippen LogP contribution in [0.1, 0.15) is 22.9 Å². The number of aliphatic hydroxyl groups excluding tert-OH is 1. The van der Waals surface area contributed by atoms with Gasteiger partial charge in [0.05, 0.1) is 17.3 Å². The van der Waals surface area contributed by atoms with Gasteiger partial charge in [0.25, 0.3) is 0 Å². The van der Waals surface area contributed by atoms with Crippen molar-refractivity contribution in [2.24, 2.45) is 7.05 Å². The molecule has 122 valence electrons. The second-order valence-corrected chi connectivity index (χ2v) is 5.48. The van der Waals surface area contributed by atoms with Crippen LogP contribution in [0.5, 0.6) is 0 Å². The van der Waals surface area contributed by atoms with Crippen LogP contribution in [-0.2, 0) is 11.8 Å². The van der Waals surface area contributed by atoms with Gasteiger partial charge in [0.2, 0.25) is 5.91 Å². The predicted octanol–water partition coefficient (Wildman–Crippen LogP) is 2.38. The minimum absolute atomic E-state index is 0.0141. The van der Waals surface area contributed by atoms with E-state index in [1.807, 2.05) is 14.0 Å². The molecule has 0 radical (unpaired) electrons. The first-order valence-corrected chi connectivity index (χ1v) is 7.34. The number of amides is 1. The maximum atomic E-state index is 13.3. The number of rotatable bonds is 5. The number of benzene rings is 1. The Balaban J connectivity index is 1.90. The maximum Gasteiger partial charge on any atom is 0.244 e. The molecule has 0 aliphatic rings. The molecule has 0 bridgehead atoms. The smallest absolute Gasteiger partial charge is 0.244 e. The van der Waals surface area contributed by atoms with Crippen molar-refractivity contribution in [1.29, 1.82) is 0 Å². The Morgan fingerprint density at radius 1 is 1.57 bits per heavy atom. The summed E-state index contributed by atoms with van der Waals surface area (Å²) >= 11 is 5.58. The van der Waals surface area contributed by atoms with Crippen LogP contribution in [0.15, 0.2) is 30.5 Å². The van der Waals surface area contributed by atoms with Gasteiger partial charge in [0, 0.05) is 30.9 Å². The Labute approximate surface area is 138 Å². The number of aryl methyl sites for hydroxylation is 1. The first-order chi connectivity index (χ1) is 10.9. The van der Waals surface area contributed by atoms with Crippen LogP contribution >= 0.6 is 11.6 Å². The first kappa shape index (κ1) is 17.2. The topological polar surface area (TPSA) is 67.2 Å². The lowest BCUT2D eigenvalue weighted by molar-refractivity contribution is -0.116. The van der Waals surface area contributed by atoms with Gasteiger partial charge in [0.1, 0.15) is 5.82 Å². The molecule has 23 heavy (non-hydrogen) atoms. The number of hydrogen-bond acceptors (Lipinski definition) is 3. The summed E-state index contributed by atoms with van der Waals surface area (Å²) in [5.74, 6) is -0.969. The highest BCUT2D eigenvalue weighted by atomic mass is 35.5. The minimum atomic E-state index is -1.01. The Kier molecular flexibility index (Phi) is 5.52. The minimum Gasteiger partial charge on any atom is -0.387 e. The monoisotopic (exact) mass is 337 g/mol. The molecule has 5 nitrogen and oxygen atoms in total. The largest absolute Gasteiger partial charge is 0.387 e. The summed E-state index contributed by atoms with van der Waals surface area (Å²) in [6.45, 7) is 1.86. The third-order valence-electron chi connectivity index (χ3n) is 3.49. The van der Waals surface area contributed by atoms with Crippen molar-refractivity contribution in [1.82, 2.24) is 15.1 Å². The van der Waals surface area contributed by atoms with Crippen molar-refractivity contribution < 1.29 is 14.3 Å². The standard InChI is InChI=1S/C16H17ClFN3O2/c1-10-12(8-20-21(10)2)4-6-16(23)19-9-15(22)11-3-5-13(17)14(18)7-11/h3-8,15,22H,9H2,1-2H3,(H,19,23)/b6-4+. The van der Waals surface area contributed by atoms with Gasteiger partial charge in [-0.15, -0.1) is 0 Å². The fourth-order valence-electron chi connectivity index (χ4n) is 1.94. The van der Waals surface area contributed by atoms with Gasteiger partial charge in [-0.25, -0.2) is 4.39 Å². The third-order valence-corrected chi connectivity index (χ3v) is 3.79. The average molecular weight is 338 g/mol. The lowest BCUT2D eigenvalue weighted by atomic mass is 10.1. The van der Waals surface area contributed by atoms with Gasteiger partial charge in [-0.05, 0) is 30.7 Å². The summed E-state index contributed by atoms with van der Waals surface area (Å²) in [4.78, 5) is 11.8. The van der Waals surface area contributed by atoms with Gasteiger partial charge in [-0.3, -0.25) is 9.48 Å². The molecule has 1 aromatic heterocycles. The van der Waals surface area contributed by atoms with E-state index in [1.165, 1.54) is 18.2 Å². The quantitative estimate of drug-likeness (QED) is 0.823. The molecule has 7 heteroatoms. The first-order valence-electron chi connectivity index (χ1n) is 6.96. The molecule has 2 rings (SSSR count). The van der Waals surface area contributed by atoms with Crippen LogP contribution in [-0.4, -0.2) is 27.3 Å². The van der Waals surface area contributed by atoms with Crippen molar-refractivity contribution >= 4 is 23.6 Å². The van der Waals surface area contributed by atoms with E-state index >= 15 is 0 Å². The molecule has 0 aliphatic heterocycles. The van der Waals surface area contributed by atoms with Crippen LogP contribution in [0, 0.1) is 12.7 Å². The number of nitrogens with zero attached hydrogens (tertiary/aromatic N) is 2. The fourth-order valence-corrected chi connectivity index (χ4v) is 2.06. The van der Waals surface area contributed by atoms with E-state index in [4.69, 9.17) is 11.6 Å². The number of nitrogens with one attached hydrogen (secondary N) is 1. The van der Waals surface area contributed by atoms with E-state index in [0.29, 0.717) is 5.56 Å². The molecule has 1 atom stereocenters. The summed E-state index contributed by atoms with van der Waals surface area (Å²) in [6.07, 6.45) is 3.65. The van der Waals surface area contributed by atoms with E-state index in [2.05, 4.69) is 10.4 Å². The molecule has 0 saturated carbocycles. The Morgan fingerprint density at radius 3 is 2.91 bits per heavy atom. The molecule has 1 amide bonds. The van der Waals surface area contributed by atoms with Crippen molar-refractivity contribution in [3.63, 3.8) is 0 Å². The van der Waals surface area contributed by atoms with Gasteiger partial charge in [-0.1, -0.05) is 17.7 Å². The maximum absolute atomic E-state index is 13.3. The third kappa shape index (κ3) is 4.40. The highest BCUT2D eigenvalue weighted by molar-refractivity contribution is 6.30. The van der Waals surface area contributed by atoms with Gasteiger partial charge < -0.3 is 10.4 Å². The fraction of sp³-hybridized carbons (Fsp3) is 0.250. The van der Waals surface area contributed by atoms with Gasteiger partial charge in [-0.2, -0.15) is 5.10 Å². The van der Waals surface area contributed by atoms with Crippen molar-refractivity contribution in [2.75, 3.05) is 6.54 Å². The molecule has 1 aromatic carbocycles. The molecule has 1 heterocycles. The van der Waals surface area contributed by atoms with Crippen LogP contribution in [0.2, 0.25) is 5.02 Å². The zero-order valence-electron chi connectivity index (χ0n) is 12.8. The second kappa shape index (κ2) is 7.39. The predicted molar refractivity (Wildman–Crippen MR) is 86.4 cm³/mol. The van der Waals surface area contributed by atoms with E-state index in [-0.39, 0.29) is 17.5 Å². The summed E-state index contributed by atoms with van der Waals surface area (Å²) in [6, 6.07) is 4.02. The number of hydrogen-bond donors (Lipinski definition) is 2. The van der Waals surface area contributed by atoms with Crippen molar-refractivity contribution in [3.8, 4) is 0 Å². The lowest BCUT2D eigenvalue weighted by Gasteiger charge is -2.11. The summed E-state index contributed by atoms with van der Waals surface area (Å²) in [5, 5.41) is 16.6. The molecule has 2 aromatic rings. The zero-order valence-corrected chi connectivity index (χ0v) is 13.5. The average Bonchev–Trinajstić information content (AvgIpc) is 2.85. The van der Waals surface area contributed by atoms with E-state index in [0.717, 1.165) is 17.3 Å². The molecular formula is C16H17ClFN3O2. The molecule has 0 fully saturated rings. The van der Waals surface area contributed by atoms with Gasteiger partial charge >= 0.3 is 0 Å². The second-order valence-electron chi connectivity index (χ2n) is 5.08. The van der Waals surface area contributed by atoms with Crippen LogP contribution < -0.4 is 5.32 Å². The summed E-state index contributed by atoms with van der Waals surface area (Å²) in [7, 11) is 1.81. The van der Waals surface area contributed by atoms with E-state index < -0.39 is 11.9 Å². The van der Waals surface area contributed by atoms with E-state index in [9.17, 15) is 14.3 Å². The molecule has 1 unspecified atom stereocenters. The highest BCUT2D eigenvalue weighted by Gasteiger charge is 2.11. The molecular weight excluding hydrogens is 321 g/mol. The normalized spacial score (nSPS) is 12.6. The highest BCUT2D eigenvalue weighted by Crippen LogP contribution is 2.19. The van der Waals surface area contributed by atoms with Crippen LogP contribution in [0.4, 0.5) is 4.39 Å². The number of aromatic nitrogens is 2. The number of aliphatic hydroxyl groups is 1.